The van der Waals surface area contributed by atoms with E-state index in [0.29, 0.717) is 48.2 Å². The molecule has 0 aromatic carbocycles. The van der Waals surface area contributed by atoms with Gasteiger partial charge in [-0.2, -0.15) is 0 Å². The van der Waals surface area contributed by atoms with E-state index in [1.54, 1.807) is 17.1 Å². The normalized spacial score (nSPS) is 42.5. The van der Waals surface area contributed by atoms with Crippen molar-refractivity contribution in [2.45, 2.75) is 76.9 Å². The van der Waals surface area contributed by atoms with E-state index in [-0.39, 0.29) is 17.9 Å². The molecule has 0 spiro atoms. The average Bonchev–Trinajstić information content (AvgIpc) is 3.39. The van der Waals surface area contributed by atoms with Crippen LogP contribution in [0.5, 0.6) is 0 Å². The summed E-state index contributed by atoms with van der Waals surface area (Å²) < 4.78 is 15.2. The zero-order valence-electron chi connectivity index (χ0n) is 19.5. The monoisotopic (exact) mass is 454 g/mol. The fourth-order valence-corrected chi connectivity index (χ4v) is 8.81. The molecule has 0 bridgehead atoms. The molecule has 2 heterocycles. The van der Waals surface area contributed by atoms with Crippen LogP contribution in [0.3, 0.4) is 0 Å². The number of hydrogen-bond acceptors (Lipinski definition) is 5. The molecule has 4 saturated carbocycles. The van der Waals surface area contributed by atoms with Gasteiger partial charge in [0.15, 0.2) is 5.78 Å². The van der Waals surface area contributed by atoms with Gasteiger partial charge in [-0.05, 0) is 98.9 Å². The van der Waals surface area contributed by atoms with Crippen molar-refractivity contribution in [1.82, 2.24) is 20.0 Å². The van der Waals surface area contributed by atoms with E-state index in [2.05, 4.69) is 22.2 Å². The third-order valence-corrected chi connectivity index (χ3v) is 10.4. The van der Waals surface area contributed by atoms with Crippen LogP contribution in [0.2, 0.25) is 0 Å². The van der Waals surface area contributed by atoms with Gasteiger partial charge in [-0.15, -0.1) is 5.10 Å². The minimum Gasteiger partial charge on any atom is -0.387 e. The maximum atomic E-state index is 13.5. The van der Waals surface area contributed by atoms with E-state index in [1.165, 1.54) is 12.8 Å². The highest BCUT2D eigenvalue weighted by atomic mass is 19.1. The summed E-state index contributed by atoms with van der Waals surface area (Å²) in [6.45, 7) is 2.06. The van der Waals surface area contributed by atoms with Crippen molar-refractivity contribution < 1.29 is 14.3 Å². The lowest BCUT2D eigenvalue weighted by Crippen LogP contribution is -2.52. The van der Waals surface area contributed by atoms with Gasteiger partial charge in [0.1, 0.15) is 18.7 Å². The number of aromatic nitrogens is 4. The molecule has 4 fully saturated rings. The first-order valence-corrected chi connectivity index (χ1v) is 12.9. The summed E-state index contributed by atoms with van der Waals surface area (Å²) in [5.74, 6) is 3.45. The van der Waals surface area contributed by atoms with Crippen molar-refractivity contribution in [3.63, 3.8) is 0 Å². The molecule has 2 aromatic rings. The number of rotatable bonds is 4. The second-order valence-corrected chi connectivity index (χ2v) is 11.8. The highest BCUT2D eigenvalue weighted by Gasteiger charge is 2.59. The Morgan fingerprint density at radius 2 is 2.00 bits per heavy atom. The Morgan fingerprint density at radius 3 is 2.85 bits per heavy atom. The predicted octanol–water partition coefficient (Wildman–Crippen LogP) is 4.36. The number of halogens is 1. The van der Waals surface area contributed by atoms with E-state index in [4.69, 9.17) is 0 Å². The number of fused-ring (bicyclic) bond motifs is 6. The lowest BCUT2D eigenvalue weighted by molar-refractivity contribution is -0.134. The number of ketones is 1. The van der Waals surface area contributed by atoms with Crippen LogP contribution < -0.4 is 0 Å². The molecule has 0 saturated heterocycles. The van der Waals surface area contributed by atoms with Crippen LogP contribution in [0.1, 0.15) is 64.7 Å². The Balaban J connectivity index is 1.19. The van der Waals surface area contributed by atoms with Crippen molar-refractivity contribution in [3.8, 4) is 0 Å². The molecule has 178 valence electrons. The number of pyridine rings is 1. The summed E-state index contributed by atoms with van der Waals surface area (Å²) in [5, 5.41) is 18.9. The minimum atomic E-state index is -1.08. The Morgan fingerprint density at radius 1 is 1.15 bits per heavy atom. The Bertz CT molecular complexity index is 1060. The van der Waals surface area contributed by atoms with Gasteiger partial charge in [0.2, 0.25) is 0 Å². The molecule has 0 aliphatic heterocycles. The summed E-state index contributed by atoms with van der Waals surface area (Å²) in [5.41, 5.74) is 0.580. The smallest absolute Gasteiger partial charge is 0.157 e. The van der Waals surface area contributed by atoms with Crippen molar-refractivity contribution in [3.05, 3.63) is 18.5 Å². The second-order valence-electron chi connectivity index (χ2n) is 11.8. The number of carbonyl (C=O) groups is 1. The molecule has 6 nitrogen and oxygen atoms in total. The highest BCUT2D eigenvalue weighted by Crippen LogP contribution is 2.64. The first kappa shape index (κ1) is 21.6. The molecule has 4 aliphatic rings. The van der Waals surface area contributed by atoms with Crippen molar-refractivity contribution >= 4 is 16.8 Å². The molecular formula is C26H35FN4O2. The van der Waals surface area contributed by atoms with Crippen molar-refractivity contribution in [2.75, 3.05) is 6.67 Å². The third-order valence-electron chi connectivity index (χ3n) is 10.4. The summed E-state index contributed by atoms with van der Waals surface area (Å²) in [6, 6.07) is 1.87. The van der Waals surface area contributed by atoms with Crippen molar-refractivity contribution in [2.24, 2.45) is 40.9 Å². The molecule has 0 radical (unpaired) electrons. The van der Waals surface area contributed by atoms with E-state index < -0.39 is 12.3 Å². The second kappa shape index (κ2) is 7.82. The summed E-state index contributed by atoms with van der Waals surface area (Å²) in [4.78, 5) is 17.6. The van der Waals surface area contributed by atoms with Crippen LogP contribution in [-0.2, 0) is 11.3 Å². The molecule has 2 aromatic heterocycles. The minimum absolute atomic E-state index is 0.0668. The van der Waals surface area contributed by atoms with Gasteiger partial charge >= 0.3 is 0 Å². The van der Waals surface area contributed by atoms with E-state index in [1.807, 2.05) is 6.07 Å². The fraction of sp³-hybridized carbons (Fsp3) is 0.769. The standard InChI is InChI=1S/C26H35FN4O2/c1-25-9-6-18-17-7-10-26(33,15-27)12-16(17)2-3-19(18)20(25)4-5-21(25)24(32)14-31-23-8-11-28-13-22(23)29-30-31/h8,11,13,16-21,33H,2-7,9-10,12,14-15H2,1H3. The number of hydrogen-bond donors (Lipinski definition) is 1. The SMILES string of the molecule is CC12CCC3C4CCC(O)(CF)CC4CCC3C1CCC2C(=O)Cn1nnc2cnccc21. The molecule has 8 atom stereocenters. The number of nitrogens with zero attached hydrogens (tertiary/aromatic N) is 4. The molecule has 6 rings (SSSR count). The van der Waals surface area contributed by atoms with Crippen LogP contribution in [0.15, 0.2) is 18.5 Å². The topological polar surface area (TPSA) is 80.9 Å². The maximum Gasteiger partial charge on any atom is 0.157 e. The number of alkyl halides is 1. The van der Waals surface area contributed by atoms with E-state index in [0.717, 1.165) is 43.1 Å². The van der Waals surface area contributed by atoms with E-state index in [9.17, 15) is 14.3 Å². The van der Waals surface area contributed by atoms with E-state index >= 15 is 0 Å². The van der Waals surface area contributed by atoms with Gasteiger partial charge < -0.3 is 5.11 Å². The van der Waals surface area contributed by atoms with Gasteiger partial charge in [0, 0.05) is 12.1 Å². The largest absolute Gasteiger partial charge is 0.387 e. The van der Waals surface area contributed by atoms with Gasteiger partial charge in [-0.3, -0.25) is 9.78 Å². The summed E-state index contributed by atoms with van der Waals surface area (Å²) in [7, 11) is 0. The van der Waals surface area contributed by atoms with Crippen LogP contribution >= 0.6 is 0 Å². The summed E-state index contributed by atoms with van der Waals surface area (Å²) >= 11 is 0. The quantitative estimate of drug-likeness (QED) is 0.742. The zero-order chi connectivity index (χ0) is 22.8. The van der Waals surface area contributed by atoms with Crippen LogP contribution in [0, 0.1) is 40.9 Å². The zero-order valence-corrected chi connectivity index (χ0v) is 19.5. The molecule has 0 amide bonds. The molecule has 7 heteroatoms. The van der Waals surface area contributed by atoms with Gasteiger partial charge in [-0.25, -0.2) is 9.07 Å². The molecule has 1 N–H and O–H groups in total. The first-order chi connectivity index (χ1) is 15.9. The summed E-state index contributed by atoms with van der Waals surface area (Å²) in [6.07, 6.45) is 12.3. The van der Waals surface area contributed by atoms with Crippen LogP contribution in [0.25, 0.3) is 11.0 Å². The average molecular weight is 455 g/mol. The molecule has 8 unspecified atom stereocenters. The van der Waals surface area contributed by atoms with Gasteiger partial charge in [0.25, 0.3) is 0 Å². The number of aliphatic hydroxyl groups is 1. The van der Waals surface area contributed by atoms with Gasteiger partial charge in [-0.1, -0.05) is 12.1 Å². The predicted molar refractivity (Wildman–Crippen MR) is 122 cm³/mol. The van der Waals surface area contributed by atoms with Gasteiger partial charge in [0.05, 0.1) is 17.3 Å². The lowest BCUT2D eigenvalue weighted by atomic mass is 9.49. The maximum absolute atomic E-state index is 13.5. The lowest BCUT2D eigenvalue weighted by Gasteiger charge is -2.56. The third kappa shape index (κ3) is 3.36. The Hall–Kier alpha value is -1.89. The highest BCUT2D eigenvalue weighted by molar-refractivity contribution is 5.84. The molecule has 4 aliphatic carbocycles. The molecule has 33 heavy (non-hydrogen) atoms. The fourth-order valence-electron chi connectivity index (χ4n) is 8.81. The number of Topliss-reactive ketones (excluding diaryl/α,β-unsaturated/α-hetero) is 1. The van der Waals surface area contributed by atoms with Crippen LogP contribution in [0.4, 0.5) is 4.39 Å². The molecular weight excluding hydrogens is 419 g/mol. The van der Waals surface area contributed by atoms with Crippen molar-refractivity contribution in [1.29, 1.82) is 0 Å². The Labute approximate surface area is 194 Å². The first-order valence-electron chi connectivity index (χ1n) is 12.9. The van der Waals surface area contributed by atoms with Crippen LogP contribution in [-0.4, -0.2) is 43.1 Å². The Kier molecular flexibility index (Phi) is 5.13. The number of carbonyl (C=O) groups excluding carboxylic acids is 1.